The first-order valence-electron chi connectivity index (χ1n) is 11.0. The molecule has 2 aromatic rings. The molecule has 3 aliphatic heterocycles. The smallest absolute Gasteiger partial charge is 0.234 e. The third-order valence-corrected chi connectivity index (χ3v) is 6.27. The molecule has 31 heavy (non-hydrogen) atoms. The molecule has 1 fully saturated rings. The maximum absolute atomic E-state index is 12.6. The highest BCUT2D eigenvalue weighted by molar-refractivity contribution is 5.78. The molecule has 3 heterocycles. The molecule has 1 saturated heterocycles. The Kier molecular flexibility index (Phi) is 5.70. The van der Waals surface area contributed by atoms with Gasteiger partial charge in [-0.3, -0.25) is 14.6 Å². The van der Waals surface area contributed by atoms with Crippen LogP contribution >= 0.6 is 0 Å². The van der Waals surface area contributed by atoms with Gasteiger partial charge in [0.25, 0.3) is 0 Å². The molecular formula is C24H29N3O4. The number of benzene rings is 2. The highest BCUT2D eigenvalue weighted by Gasteiger charge is 2.22. The molecule has 7 heteroatoms. The van der Waals surface area contributed by atoms with Gasteiger partial charge < -0.3 is 19.5 Å². The summed E-state index contributed by atoms with van der Waals surface area (Å²) in [4.78, 5) is 17.3. The van der Waals surface area contributed by atoms with Crippen LogP contribution in [0.15, 0.2) is 36.4 Å². The molecule has 1 atom stereocenters. The predicted octanol–water partition coefficient (Wildman–Crippen LogP) is 2.35. The van der Waals surface area contributed by atoms with Crippen molar-refractivity contribution in [1.82, 2.24) is 15.1 Å². The fourth-order valence-electron chi connectivity index (χ4n) is 4.46. The third kappa shape index (κ3) is 4.62. The number of nitrogens with one attached hydrogen (secondary N) is 1. The lowest BCUT2D eigenvalue weighted by molar-refractivity contribution is -0.123. The van der Waals surface area contributed by atoms with Crippen molar-refractivity contribution in [2.24, 2.45) is 0 Å². The van der Waals surface area contributed by atoms with E-state index < -0.39 is 0 Å². The maximum Gasteiger partial charge on any atom is 0.234 e. The zero-order valence-electron chi connectivity index (χ0n) is 17.9. The van der Waals surface area contributed by atoms with Crippen molar-refractivity contribution in [2.45, 2.75) is 25.9 Å². The Morgan fingerprint density at radius 2 is 1.74 bits per heavy atom. The van der Waals surface area contributed by atoms with E-state index in [0.717, 1.165) is 68.6 Å². The minimum absolute atomic E-state index is 0.0530. The van der Waals surface area contributed by atoms with Crippen LogP contribution in [0, 0.1) is 0 Å². The fraction of sp³-hybridized carbons (Fsp3) is 0.458. The van der Waals surface area contributed by atoms with Crippen molar-refractivity contribution in [3.05, 3.63) is 53.1 Å². The van der Waals surface area contributed by atoms with Crippen molar-refractivity contribution in [3.8, 4) is 17.2 Å². The minimum Gasteiger partial charge on any atom is -0.493 e. The maximum atomic E-state index is 12.6. The fourth-order valence-corrected chi connectivity index (χ4v) is 4.46. The van der Waals surface area contributed by atoms with Gasteiger partial charge in [0.1, 0.15) is 5.75 Å². The Labute approximate surface area is 182 Å². The van der Waals surface area contributed by atoms with E-state index in [0.29, 0.717) is 6.54 Å². The van der Waals surface area contributed by atoms with Crippen LogP contribution in [-0.2, 0) is 17.8 Å². The molecule has 7 nitrogen and oxygen atoms in total. The summed E-state index contributed by atoms with van der Waals surface area (Å²) in [6, 6.07) is 12.3. The molecule has 0 spiro atoms. The monoisotopic (exact) mass is 423 g/mol. The topological polar surface area (TPSA) is 63.3 Å². The number of amides is 1. The normalized spacial score (nSPS) is 19.0. The first-order chi connectivity index (χ1) is 15.1. The SMILES string of the molecule is C[C@@H](NC(=O)CN1CCN(Cc2ccc3c(c2)CCO3)CC1)c1ccc2c(c1)OCO2. The highest BCUT2D eigenvalue weighted by atomic mass is 16.7. The summed E-state index contributed by atoms with van der Waals surface area (Å²) in [6.45, 7) is 8.18. The van der Waals surface area contributed by atoms with E-state index in [2.05, 4.69) is 33.3 Å². The average Bonchev–Trinajstić information content (AvgIpc) is 3.43. The Morgan fingerprint density at radius 1 is 0.968 bits per heavy atom. The number of piperazine rings is 1. The van der Waals surface area contributed by atoms with Crippen LogP contribution in [0.4, 0.5) is 0 Å². The summed E-state index contributed by atoms with van der Waals surface area (Å²) in [5, 5.41) is 3.11. The van der Waals surface area contributed by atoms with Crippen LogP contribution < -0.4 is 19.5 Å². The van der Waals surface area contributed by atoms with E-state index >= 15 is 0 Å². The summed E-state index contributed by atoms with van der Waals surface area (Å²) in [5.41, 5.74) is 3.68. The highest BCUT2D eigenvalue weighted by Crippen LogP contribution is 2.34. The number of nitrogens with zero attached hydrogens (tertiary/aromatic N) is 2. The first-order valence-corrected chi connectivity index (χ1v) is 11.0. The summed E-state index contributed by atoms with van der Waals surface area (Å²) >= 11 is 0. The second-order valence-corrected chi connectivity index (χ2v) is 8.49. The van der Waals surface area contributed by atoms with Gasteiger partial charge in [0.05, 0.1) is 19.2 Å². The first kappa shape index (κ1) is 20.2. The van der Waals surface area contributed by atoms with Gasteiger partial charge in [-0.2, -0.15) is 0 Å². The lowest BCUT2D eigenvalue weighted by Crippen LogP contribution is -2.49. The average molecular weight is 424 g/mol. The third-order valence-electron chi connectivity index (χ3n) is 6.27. The van der Waals surface area contributed by atoms with Gasteiger partial charge in [0.15, 0.2) is 11.5 Å². The van der Waals surface area contributed by atoms with Gasteiger partial charge >= 0.3 is 0 Å². The van der Waals surface area contributed by atoms with Gasteiger partial charge in [-0.15, -0.1) is 0 Å². The Morgan fingerprint density at radius 3 is 2.61 bits per heavy atom. The van der Waals surface area contributed by atoms with Crippen molar-refractivity contribution < 1.29 is 19.0 Å². The number of hydrogen-bond acceptors (Lipinski definition) is 6. The number of hydrogen-bond donors (Lipinski definition) is 1. The molecule has 0 bridgehead atoms. The van der Waals surface area contributed by atoms with E-state index in [9.17, 15) is 4.79 Å². The minimum atomic E-state index is -0.0768. The van der Waals surface area contributed by atoms with Crippen molar-refractivity contribution in [3.63, 3.8) is 0 Å². The predicted molar refractivity (Wildman–Crippen MR) is 116 cm³/mol. The molecule has 1 amide bonds. The molecule has 2 aromatic carbocycles. The van der Waals surface area contributed by atoms with Crippen molar-refractivity contribution >= 4 is 5.91 Å². The standard InChI is InChI=1S/C24H29N3O4/c1-17(19-3-5-22-23(13-19)31-16-30-22)25-24(28)15-27-9-7-26(8-10-27)14-18-2-4-21-20(12-18)6-11-29-21/h2-5,12-13,17H,6-11,14-16H2,1H3,(H,25,28)/t17-/m1/s1. The molecule has 0 radical (unpaired) electrons. The molecule has 3 aliphatic rings. The van der Waals surface area contributed by atoms with E-state index in [4.69, 9.17) is 14.2 Å². The van der Waals surface area contributed by atoms with Gasteiger partial charge in [0, 0.05) is 39.1 Å². The van der Waals surface area contributed by atoms with Crippen molar-refractivity contribution in [2.75, 3.05) is 46.1 Å². The van der Waals surface area contributed by atoms with Gasteiger partial charge in [0.2, 0.25) is 12.7 Å². The van der Waals surface area contributed by atoms with Crippen LogP contribution in [0.5, 0.6) is 17.2 Å². The van der Waals surface area contributed by atoms with Crippen molar-refractivity contribution in [1.29, 1.82) is 0 Å². The number of carbonyl (C=O) groups excluding carboxylic acids is 1. The quantitative estimate of drug-likeness (QED) is 0.770. The molecule has 0 saturated carbocycles. The molecule has 1 N–H and O–H groups in total. The largest absolute Gasteiger partial charge is 0.493 e. The molecule has 0 unspecified atom stereocenters. The second-order valence-electron chi connectivity index (χ2n) is 8.49. The summed E-state index contributed by atoms with van der Waals surface area (Å²) < 4.78 is 16.4. The lowest BCUT2D eigenvalue weighted by atomic mass is 10.1. The van der Waals surface area contributed by atoms with E-state index in [-0.39, 0.29) is 18.7 Å². The molecule has 164 valence electrons. The van der Waals surface area contributed by atoms with Gasteiger partial charge in [-0.25, -0.2) is 0 Å². The number of ether oxygens (including phenoxy) is 3. The molecular weight excluding hydrogens is 394 g/mol. The summed E-state index contributed by atoms with van der Waals surface area (Å²) in [7, 11) is 0. The van der Waals surface area contributed by atoms with Crippen LogP contribution in [0.25, 0.3) is 0 Å². The molecule has 0 aliphatic carbocycles. The second kappa shape index (κ2) is 8.77. The number of rotatable bonds is 6. The zero-order valence-corrected chi connectivity index (χ0v) is 17.9. The summed E-state index contributed by atoms with van der Waals surface area (Å²) in [5.74, 6) is 2.59. The van der Waals surface area contributed by atoms with Crippen LogP contribution in [0.1, 0.15) is 29.7 Å². The Balaban J connectivity index is 1.07. The Hall–Kier alpha value is -2.77. The number of carbonyl (C=O) groups is 1. The molecule has 0 aromatic heterocycles. The van der Waals surface area contributed by atoms with Gasteiger partial charge in [-0.1, -0.05) is 18.2 Å². The Bertz CT molecular complexity index is 956. The van der Waals surface area contributed by atoms with E-state index in [1.807, 2.05) is 25.1 Å². The lowest BCUT2D eigenvalue weighted by Gasteiger charge is -2.34. The summed E-state index contributed by atoms with van der Waals surface area (Å²) in [6.07, 6.45) is 1.01. The van der Waals surface area contributed by atoms with Crippen LogP contribution in [0.3, 0.4) is 0 Å². The van der Waals surface area contributed by atoms with Gasteiger partial charge in [-0.05, 0) is 41.8 Å². The zero-order chi connectivity index (χ0) is 21.2. The number of fused-ring (bicyclic) bond motifs is 2. The van der Waals surface area contributed by atoms with Crippen LogP contribution in [-0.4, -0.2) is 61.8 Å². The van der Waals surface area contributed by atoms with E-state index in [1.165, 1.54) is 11.1 Å². The van der Waals surface area contributed by atoms with Crippen LogP contribution in [0.2, 0.25) is 0 Å². The molecule has 5 rings (SSSR count). The van der Waals surface area contributed by atoms with E-state index in [1.54, 1.807) is 0 Å².